The van der Waals surface area contributed by atoms with E-state index in [2.05, 4.69) is 15.6 Å². The van der Waals surface area contributed by atoms with Gasteiger partial charge >= 0.3 is 24.2 Å². The molecule has 0 saturated carbocycles. The Balaban J connectivity index is 3.38. The van der Waals surface area contributed by atoms with Crippen LogP contribution in [-0.4, -0.2) is 83.3 Å². The quantitative estimate of drug-likeness (QED) is 0.148. The number of amides is 3. The molecule has 0 fully saturated rings. The van der Waals surface area contributed by atoms with Crippen LogP contribution in [0.3, 0.4) is 0 Å². The van der Waals surface area contributed by atoms with Crippen LogP contribution in [0.15, 0.2) is 35.3 Å². The van der Waals surface area contributed by atoms with Gasteiger partial charge in [-0.05, 0) is 102 Å². The number of ether oxygens (including phenoxy) is 5. The van der Waals surface area contributed by atoms with E-state index in [9.17, 15) is 19.2 Å². The number of guanidine groups is 1. The van der Waals surface area contributed by atoms with Crippen molar-refractivity contribution >= 4 is 30.2 Å². The van der Waals surface area contributed by atoms with Gasteiger partial charge in [0.05, 0.1) is 6.54 Å². The SMILES string of the molecule is CC(C)(C)OC(=O)NC(=NCC[C@H](NC(=O)OC(C)(C)C)C(=O)OC(C)(C)C)N(CCOc1ccccc1)C(=O)OC(C)(C)C. The summed E-state index contributed by atoms with van der Waals surface area (Å²) in [5.74, 6) is -0.325. The molecule has 254 valence electrons. The number of hydrogen-bond acceptors (Lipinski definition) is 10. The van der Waals surface area contributed by atoms with Crippen LogP contribution in [-0.2, 0) is 23.7 Å². The van der Waals surface area contributed by atoms with Crippen molar-refractivity contribution in [3.63, 3.8) is 0 Å². The fourth-order valence-corrected chi connectivity index (χ4v) is 3.33. The van der Waals surface area contributed by atoms with E-state index in [1.807, 2.05) is 18.2 Å². The van der Waals surface area contributed by atoms with Crippen LogP contribution in [0.2, 0.25) is 0 Å². The molecule has 0 aromatic heterocycles. The fraction of sp³-hybridized carbons (Fsp3) is 0.656. The molecule has 0 bridgehead atoms. The van der Waals surface area contributed by atoms with Crippen LogP contribution in [0.1, 0.15) is 89.5 Å². The molecule has 1 aromatic carbocycles. The minimum absolute atomic E-state index is 0.0268. The number of para-hydroxylation sites is 1. The number of alkyl carbamates (subject to hydrolysis) is 2. The summed E-state index contributed by atoms with van der Waals surface area (Å²) < 4.78 is 27.6. The Morgan fingerprint density at radius 2 is 1.24 bits per heavy atom. The van der Waals surface area contributed by atoms with Crippen LogP contribution in [0, 0.1) is 0 Å². The van der Waals surface area contributed by atoms with E-state index >= 15 is 0 Å². The molecule has 0 aliphatic heterocycles. The second kappa shape index (κ2) is 16.3. The number of rotatable bonds is 9. The van der Waals surface area contributed by atoms with Gasteiger partial charge in [0.15, 0.2) is 0 Å². The summed E-state index contributed by atoms with van der Waals surface area (Å²) >= 11 is 0. The molecular formula is C32H52N4O9. The molecule has 1 atom stereocenters. The van der Waals surface area contributed by atoms with Gasteiger partial charge in [-0.1, -0.05) is 18.2 Å². The lowest BCUT2D eigenvalue weighted by atomic mass is 10.1. The van der Waals surface area contributed by atoms with Gasteiger partial charge in [0, 0.05) is 6.54 Å². The molecule has 0 spiro atoms. The van der Waals surface area contributed by atoms with Gasteiger partial charge < -0.3 is 29.0 Å². The van der Waals surface area contributed by atoms with Crippen LogP contribution < -0.4 is 15.4 Å². The highest BCUT2D eigenvalue weighted by atomic mass is 16.6. The summed E-state index contributed by atoms with van der Waals surface area (Å²) in [4.78, 5) is 57.3. The van der Waals surface area contributed by atoms with Crippen LogP contribution in [0.5, 0.6) is 5.75 Å². The minimum Gasteiger partial charge on any atom is -0.492 e. The average molecular weight is 637 g/mol. The maximum atomic E-state index is 13.4. The largest absolute Gasteiger partial charge is 0.492 e. The van der Waals surface area contributed by atoms with Crippen molar-refractivity contribution in [3.8, 4) is 5.75 Å². The molecule has 3 amide bonds. The van der Waals surface area contributed by atoms with Gasteiger partial charge in [-0.3, -0.25) is 10.3 Å². The molecule has 0 aliphatic rings. The van der Waals surface area contributed by atoms with E-state index < -0.39 is 52.7 Å². The zero-order valence-electron chi connectivity index (χ0n) is 28.9. The van der Waals surface area contributed by atoms with Gasteiger partial charge in [0.25, 0.3) is 0 Å². The first-order chi connectivity index (χ1) is 20.4. The van der Waals surface area contributed by atoms with Crippen LogP contribution in [0.4, 0.5) is 14.4 Å². The first kappa shape index (κ1) is 39.0. The number of aliphatic imine (C=N–C) groups is 1. The highest BCUT2D eigenvalue weighted by Crippen LogP contribution is 2.15. The monoisotopic (exact) mass is 636 g/mol. The molecule has 2 N–H and O–H groups in total. The van der Waals surface area contributed by atoms with Crippen molar-refractivity contribution in [2.45, 2.75) is 118 Å². The lowest BCUT2D eigenvalue weighted by Crippen LogP contribution is -2.51. The van der Waals surface area contributed by atoms with Crippen molar-refractivity contribution in [2.24, 2.45) is 4.99 Å². The number of hydrogen-bond donors (Lipinski definition) is 2. The van der Waals surface area contributed by atoms with E-state index in [0.717, 1.165) is 4.90 Å². The summed E-state index contributed by atoms with van der Waals surface area (Å²) in [6.07, 6.45) is -2.54. The summed E-state index contributed by atoms with van der Waals surface area (Å²) in [6.45, 7) is 20.2. The van der Waals surface area contributed by atoms with Crippen molar-refractivity contribution in [1.29, 1.82) is 0 Å². The predicted molar refractivity (Wildman–Crippen MR) is 170 cm³/mol. The molecule has 0 unspecified atom stereocenters. The predicted octanol–water partition coefficient (Wildman–Crippen LogP) is 5.81. The Kier molecular flexibility index (Phi) is 14.1. The summed E-state index contributed by atoms with van der Waals surface area (Å²) in [6, 6.07) is 7.84. The van der Waals surface area contributed by atoms with Gasteiger partial charge in [-0.2, -0.15) is 0 Å². The average Bonchev–Trinajstić information content (AvgIpc) is 2.81. The normalized spacial score (nSPS) is 13.2. The van der Waals surface area contributed by atoms with E-state index in [1.54, 1.807) is 95.2 Å². The summed E-state index contributed by atoms with van der Waals surface area (Å²) in [5, 5.41) is 5.07. The molecule has 0 heterocycles. The zero-order valence-corrected chi connectivity index (χ0v) is 28.9. The number of nitrogens with zero attached hydrogens (tertiary/aromatic N) is 2. The lowest BCUT2D eigenvalue weighted by molar-refractivity contribution is -0.157. The van der Waals surface area contributed by atoms with Crippen molar-refractivity contribution in [2.75, 3.05) is 19.7 Å². The topological polar surface area (TPSA) is 154 Å². The summed E-state index contributed by atoms with van der Waals surface area (Å²) in [7, 11) is 0. The van der Waals surface area contributed by atoms with Crippen LogP contribution in [0.25, 0.3) is 0 Å². The van der Waals surface area contributed by atoms with Crippen LogP contribution >= 0.6 is 0 Å². The number of esters is 1. The Morgan fingerprint density at radius 1 is 0.733 bits per heavy atom. The first-order valence-corrected chi connectivity index (χ1v) is 14.9. The Bertz CT molecular complexity index is 1160. The van der Waals surface area contributed by atoms with Gasteiger partial charge in [0.1, 0.15) is 40.8 Å². The Morgan fingerprint density at radius 3 is 1.76 bits per heavy atom. The molecular weight excluding hydrogens is 584 g/mol. The number of carbonyl (C=O) groups excluding carboxylic acids is 4. The van der Waals surface area contributed by atoms with Gasteiger partial charge in [-0.15, -0.1) is 0 Å². The van der Waals surface area contributed by atoms with Gasteiger partial charge in [-0.25, -0.2) is 24.1 Å². The molecule has 0 saturated heterocycles. The molecule has 0 radical (unpaired) electrons. The van der Waals surface area contributed by atoms with Gasteiger partial charge in [0.2, 0.25) is 5.96 Å². The molecule has 0 aliphatic carbocycles. The smallest absolute Gasteiger partial charge is 0.417 e. The standard InChI is InChI=1S/C32H52N4O9/c1-29(2,3)42-24(37)23(34-26(38)43-30(4,5)6)18-19-33-25(35-27(39)44-31(7,8)9)36(28(40)45-32(10,11)12)20-21-41-22-16-14-13-15-17-22/h13-17,23H,18-21H2,1-12H3,(H,34,38)(H,33,35,39)/t23-/m0/s1. The molecule has 45 heavy (non-hydrogen) atoms. The molecule has 13 nitrogen and oxygen atoms in total. The lowest BCUT2D eigenvalue weighted by Gasteiger charge is -2.29. The van der Waals surface area contributed by atoms with E-state index in [4.69, 9.17) is 23.7 Å². The minimum atomic E-state index is -1.15. The van der Waals surface area contributed by atoms with Crippen molar-refractivity contribution in [1.82, 2.24) is 15.5 Å². The first-order valence-electron chi connectivity index (χ1n) is 14.9. The maximum Gasteiger partial charge on any atom is 0.417 e. The Labute approximate surface area is 267 Å². The number of benzene rings is 1. The van der Waals surface area contributed by atoms with E-state index in [0.29, 0.717) is 5.75 Å². The Hall–Kier alpha value is -4.03. The van der Waals surface area contributed by atoms with E-state index in [1.165, 1.54) is 0 Å². The van der Waals surface area contributed by atoms with Crippen molar-refractivity contribution in [3.05, 3.63) is 30.3 Å². The zero-order chi connectivity index (χ0) is 34.6. The second-order valence-corrected chi connectivity index (χ2v) is 14.1. The second-order valence-electron chi connectivity index (χ2n) is 14.1. The third-order valence-electron chi connectivity index (χ3n) is 4.87. The molecule has 13 heteroatoms. The highest BCUT2D eigenvalue weighted by molar-refractivity contribution is 6.01. The van der Waals surface area contributed by atoms with E-state index in [-0.39, 0.29) is 32.1 Å². The molecule has 1 aromatic rings. The fourth-order valence-electron chi connectivity index (χ4n) is 3.33. The summed E-state index contributed by atoms with van der Waals surface area (Å²) in [5.41, 5.74) is -3.35. The van der Waals surface area contributed by atoms with Crippen molar-refractivity contribution < 1.29 is 42.9 Å². The maximum absolute atomic E-state index is 13.4. The third kappa shape index (κ3) is 18.4. The number of carbonyl (C=O) groups is 4. The highest BCUT2D eigenvalue weighted by Gasteiger charge is 2.31. The third-order valence-corrected chi connectivity index (χ3v) is 4.87. The number of nitrogens with one attached hydrogen (secondary N) is 2. The molecule has 1 rings (SSSR count).